The van der Waals surface area contributed by atoms with Crippen molar-refractivity contribution in [3.05, 3.63) is 62.7 Å². The summed E-state index contributed by atoms with van der Waals surface area (Å²) in [6.45, 7) is 4.52. The zero-order valence-corrected chi connectivity index (χ0v) is 15.6. The molecule has 7 nitrogen and oxygen atoms in total. The van der Waals surface area contributed by atoms with Crippen LogP contribution in [0.15, 0.2) is 30.3 Å². The van der Waals surface area contributed by atoms with E-state index in [-0.39, 0.29) is 17.2 Å². The summed E-state index contributed by atoms with van der Waals surface area (Å²) in [6, 6.07) is 8.38. The molecule has 1 N–H and O–H groups in total. The van der Waals surface area contributed by atoms with Crippen LogP contribution in [0.4, 0.5) is 11.4 Å². The lowest BCUT2D eigenvalue weighted by Gasteiger charge is -2.23. The monoisotopic (exact) mass is 357 g/mol. The average molecular weight is 357 g/mol. The van der Waals surface area contributed by atoms with E-state index < -0.39 is 4.92 Å². The van der Waals surface area contributed by atoms with Crippen LogP contribution in [0.1, 0.15) is 27.0 Å². The summed E-state index contributed by atoms with van der Waals surface area (Å²) < 4.78 is 5.39. The highest BCUT2D eigenvalue weighted by atomic mass is 16.6. The molecule has 0 saturated carbocycles. The number of aryl methyl sites for hydroxylation is 2. The van der Waals surface area contributed by atoms with Gasteiger partial charge in [0.2, 0.25) is 0 Å². The molecule has 0 bridgehead atoms. The molecule has 0 aliphatic heterocycles. The third kappa shape index (κ3) is 3.93. The molecule has 1 amide bonds. The number of carbonyl (C=O) groups is 1. The van der Waals surface area contributed by atoms with Crippen molar-refractivity contribution in [2.24, 2.45) is 0 Å². The number of carbonyl (C=O) groups excluding carboxylic acids is 1. The predicted molar refractivity (Wildman–Crippen MR) is 101 cm³/mol. The van der Waals surface area contributed by atoms with E-state index in [1.54, 1.807) is 13.2 Å². The molecule has 0 radical (unpaired) electrons. The second kappa shape index (κ2) is 7.86. The highest BCUT2D eigenvalue weighted by Crippen LogP contribution is 2.28. The van der Waals surface area contributed by atoms with Crippen molar-refractivity contribution in [3.63, 3.8) is 0 Å². The van der Waals surface area contributed by atoms with Crippen molar-refractivity contribution in [2.75, 3.05) is 26.1 Å². The minimum Gasteiger partial charge on any atom is -0.496 e. The van der Waals surface area contributed by atoms with Crippen molar-refractivity contribution >= 4 is 17.3 Å². The lowest BCUT2D eigenvalue weighted by molar-refractivity contribution is -0.384. The van der Waals surface area contributed by atoms with Gasteiger partial charge in [0.05, 0.1) is 23.3 Å². The molecule has 2 aromatic rings. The fourth-order valence-electron chi connectivity index (χ4n) is 3.10. The first-order chi connectivity index (χ1) is 12.3. The molecule has 2 rings (SSSR count). The summed E-state index contributed by atoms with van der Waals surface area (Å²) >= 11 is 0. The Hall–Kier alpha value is -3.09. The van der Waals surface area contributed by atoms with E-state index in [9.17, 15) is 14.9 Å². The zero-order chi connectivity index (χ0) is 19.4. The zero-order valence-electron chi connectivity index (χ0n) is 15.6. The van der Waals surface area contributed by atoms with Crippen LogP contribution in [0, 0.1) is 24.0 Å². The Bertz CT molecular complexity index is 826. The van der Waals surface area contributed by atoms with Crippen LogP contribution >= 0.6 is 0 Å². The van der Waals surface area contributed by atoms with Crippen molar-refractivity contribution in [3.8, 4) is 5.75 Å². The molecule has 138 valence electrons. The van der Waals surface area contributed by atoms with Crippen molar-refractivity contribution < 1.29 is 14.5 Å². The van der Waals surface area contributed by atoms with E-state index in [0.29, 0.717) is 12.2 Å². The topological polar surface area (TPSA) is 84.7 Å². The molecule has 0 heterocycles. The minimum absolute atomic E-state index is 0.114. The number of non-ortho nitro benzene ring substituents is 1. The third-order valence-electron chi connectivity index (χ3n) is 4.22. The van der Waals surface area contributed by atoms with Crippen LogP contribution in [0.3, 0.4) is 0 Å². The maximum absolute atomic E-state index is 12.2. The molecule has 0 spiro atoms. The Balaban J connectivity index is 2.39. The number of hydrogen-bond donors (Lipinski definition) is 1. The molecule has 2 aromatic carbocycles. The molecular formula is C19H23N3O4. The summed E-state index contributed by atoms with van der Waals surface area (Å²) in [6.07, 6.45) is 0. The van der Waals surface area contributed by atoms with Crippen molar-refractivity contribution in [1.82, 2.24) is 5.32 Å². The Kier molecular flexibility index (Phi) is 5.82. The molecule has 0 atom stereocenters. The van der Waals surface area contributed by atoms with Crippen LogP contribution in [0.2, 0.25) is 0 Å². The standard InChI is InChI=1S/C19H23N3O4/c1-12-8-14(9-13(2)18(12)26-5)11-21(4)17-7-6-15(22(24)25)10-16(17)19(23)20-3/h6-10H,11H2,1-5H3,(H,20,23). The number of nitrogens with one attached hydrogen (secondary N) is 1. The van der Waals surface area contributed by atoms with Crippen LogP contribution in [0.5, 0.6) is 5.75 Å². The number of amides is 1. The fourth-order valence-corrected chi connectivity index (χ4v) is 3.10. The quantitative estimate of drug-likeness (QED) is 0.634. The lowest BCUT2D eigenvalue weighted by atomic mass is 10.0. The Morgan fingerprint density at radius 1 is 1.23 bits per heavy atom. The van der Waals surface area contributed by atoms with Crippen LogP contribution in [-0.4, -0.2) is 32.0 Å². The number of nitro groups is 1. The largest absolute Gasteiger partial charge is 0.496 e. The SMILES string of the molecule is CNC(=O)c1cc([N+](=O)[O-])ccc1N(C)Cc1cc(C)c(OC)c(C)c1. The second-order valence-electron chi connectivity index (χ2n) is 6.16. The molecule has 0 saturated heterocycles. The van der Waals surface area contributed by atoms with Gasteiger partial charge in [0.25, 0.3) is 11.6 Å². The van der Waals surface area contributed by atoms with E-state index >= 15 is 0 Å². The smallest absolute Gasteiger partial charge is 0.270 e. The minimum atomic E-state index is -0.508. The van der Waals surface area contributed by atoms with E-state index in [0.717, 1.165) is 22.4 Å². The van der Waals surface area contributed by atoms with Gasteiger partial charge < -0.3 is 15.0 Å². The highest BCUT2D eigenvalue weighted by molar-refractivity contribution is 6.00. The van der Waals surface area contributed by atoms with Gasteiger partial charge in [0.1, 0.15) is 5.75 Å². The second-order valence-corrected chi connectivity index (χ2v) is 6.16. The molecule has 26 heavy (non-hydrogen) atoms. The number of hydrogen-bond acceptors (Lipinski definition) is 5. The number of rotatable bonds is 6. The lowest BCUT2D eigenvalue weighted by Crippen LogP contribution is -2.24. The number of nitrogens with zero attached hydrogens (tertiary/aromatic N) is 2. The number of nitro benzene ring substituents is 1. The maximum Gasteiger partial charge on any atom is 0.270 e. The summed E-state index contributed by atoms with van der Waals surface area (Å²) in [5, 5.41) is 13.6. The maximum atomic E-state index is 12.2. The first-order valence-corrected chi connectivity index (χ1v) is 8.14. The fraction of sp³-hybridized carbons (Fsp3) is 0.316. The summed E-state index contributed by atoms with van der Waals surface area (Å²) in [4.78, 5) is 24.6. The third-order valence-corrected chi connectivity index (χ3v) is 4.22. The molecule has 0 unspecified atom stereocenters. The van der Waals surface area contributed by atoms with Gasteiger partial charge in [-0.2, -0.15) is 0 Å². The number of anilines is 1. The molecule has 0 aliphatic carbocycles. The Morgan fingerprint density at radius 2 is 1.85 bits per heavy atom. The summed E-state index contributed by atoms with van der Waals surface area (Å²) in [7, 11) is 5.00. The van der Waals surface area contributed by atoms with Gasteiger partial charge in [-0.3, -0.25) is 14.9 Å². The number of methoxy groups -OCH3 is 1. The van der Waals surface area contributed by atoms with Gasteiger partial charge in [-0.05, 0) is 36.6 Å². The highest BCUT2D eigenvalue weighted by Gasteiger charge is 2.19. The van der Waals surface area contributed by atoms with Crippen LogP contribution < -0.4 is 15.0 Å². The Labute approximate surface area is 152 Å². The molecular weight excluding hydrogens is 334 g/mol. The van der Waals surface area contributed by atoms with Crippen LogP contribution in [0.25, 0.3) is 0 Å². The van der Waals surface area contributed by atoms with Gasteiger partial charge in [-0.1, -0.05) is 12.1 Å². The molecule has 0 aliphatic rings. The first-order valence-electron chi connectivity index (χ1n) is 8.14. The average Bonchev–Trinajstić information content (AvgIpc) is 2.60. The van der Waals surface area contributed by atoms with Gasteiger partial charge in [-0.15, -0.1) is 0 Å². The number of benzene rings is 2. The normalized spacial score (nSPS) is 10.3. The Morgan fingerprint density at radius 3 is 2.35 bits per heavy atom. The molecule has 0 fully saturated rings. The van der Waals surface area contributed by atoms with E-state index in [2.05, 4.69) is 5.32 Å². The van der Waals surface area contributed by atoms with E-state index in [1.807, 2.05) is 37.9 Å². The first kappa shape index (κ1) is 19.2. The molecule has 7 heteroatoms. The van der Waals surface area contributed by atoms with Gasteiger partial charge in [0, 0.05) is 32.8 Å². The number of ether oxygens (including phenoxy) is 1. The van der Waals surface area contributed by atoms with Gasteiger partial charge >= 0.3 is 0 Å². The van der Waals surface area contributed by atoms with Crippen LogP contribution in [-0.2, 0) is 6.54 Å². The van der Waals surface area contributed by atoms with Crippen molar-refractivity contribution in [2.45, 2.75) is 20.4 Å². The van der Waals surface area contributed by atoms with E-state index in [4.69, 9.17) is 4.74 Å². The predicted octanol–water partition coefficient (Wildman–Crippen LogP) is 3.22. The van der Waals surface area contributed by atoms with E-state index in [1.165, 1.54) is 19.2 Å². The summed E-state index contributed by atoms with van der Waals surface area (Å²) in [5.41, 5.74) is 3.91. The molecule has 0 aromatic heterocycles. The van der Waals surface area contributed by atoms with Gasteiger partial charge in [0.15, 0.2) is 0 Å². The van der Waals surface area contributed by atoms with Gasteiger partial charge in [-0.25, -0.2) is 0 Å². The van der Waals surface area contributed by atoms with Crippen molar-refractivity contribution in [1.29, 1.82) is 0 Å². The summed E-state index contributed by atoms with van der Waals surface area (Å²) in [5.74, 6) is 0.496.